The fourth-order valence-corrected chi connectivity index (χ4v) is 13.2. The molecule has 17 rings (SSSR count). The van der Waals surface area contributed by atoms with Crippen LogP contribution in [0.25, 0.3) is 89.7 Å². The monoisotopic (exact) mass is 1040 g/mol. The zero-order valence-electron chi connectivity index (χ0n) is 43.7. The highest BCUT2D eigenvalue weighted by Gasteiger charge is 2.29. The second-order valence-corrected chi connectivity index (χ2v) is 21.9. The Bertz CT molecular complexity index is 4360. The summed E-state index contributed by atoms with van der Waals surface area (Å²) in [4.78, 5) is 39.9. The van der Waals surface area contributed by atoms with E-state index < -0.39 is 0 Å². The summed E-state index contributed by atoms with van der Waals surface area (Å²) in [5.41, 5.74) is 15.8. The van der Waals surface area contributed by atoms with Gasteiger partial charge in [0.1, 0.15) is 68.6 Å². The third kappa shape index (κ3) is 7.56. The number of rotatable bonds is 8. The molecular formula is C68H50N8O4. The first kappa shape index (κ1) is 45.3. The SMILES string of the molecule is c1cc(Oc2ccc3c(c2)CCC3)c2c(c1)-c1nc-2nc2[nH]c(nc3nc(nc4[nH]c(n1)c1c(Oc5ccc6c(c5)CCC6)cccc41)-c1c(Oc4ccc5c(c4)CCC5)cccc1-3)c1c(Oc3ccc4c(c3)CCC4)cccc21. The first-order chi connectivity index (χ1) is 39.5. The highest BCUT2D eigenvalue weighted by atomic mass is 16.5. The highest BCUT2D eigenvalue weighted by Crippen LogP contribution is 2.47. The maximum absolute atomic E-state index is 6.90. The first-order valence-corrected chi connectivity index (χ1v) is 28.1. The summed E-state index contributed by atoms with van der Waals surface area (Å²) in [7, 11) is 0. The number of fused-ring (bicyclic) bond motifs is 24. The molecular weight excluding hydrogens is 993 g/mol. The third-order valence-electron chi connectivity index (χ3n) is 17.0. The molecule has 3 aromatic heterocycles. The van der Waals surface area contributed by atoms with Crippen LogP contribution >= 0.6 is 0 Å². The number of ether oxygens (including phenoxy) is 4. The quantitative estimate of drug-likeness (QED) is 0.151. The molecule has 0 unspecified atom stereocenters. The Morgan fingerprint density at radius 1 is 0.287 bits per heavy atom. The summed E-state index contributed by atoms with van der Waals surface area (Å²) in [6, 6.07) is 49.7. The van der Waals surface area contributed by atoms with Gasteiger partial charge in [-0.15, -0.1) is 0 Å². The van der Waals surface area contributed by atoms with Crippen LogP contribution in [0, 0.1) is 0 Å². The number of aromatic nitrogens is 8. The first-order valence-electron chi connectivity index (χ1n) is 28.1. The Hall–Kier alpha value is -9.68. The molecule has 12 nitrogen and oxygen atoms in total. The third-order valence-corrected chi connectivity index (χ3v) is 17.0. The fourth-order valence-electron chi connectivity index (χ4n) is 13.2. The molecule has 8 aromatic carbocycles. The molecule has 11 aromatic rings. The van der Waals surface area contributed by atoms with Gasteiger partial charge in [-0.1, -0.05) is 72.8 Å². The molecule has 0 saturated carbocycles. The summed E-state index contributed by atoms with van der Waals surface area (Å²) in [6.07, 6.45) is 13.0. The summed E-state index contributed by atoms with van der Waals surface area (Å²) in [5, 5.41) is 3.05. The smallest absolute Gasteiger partial charge is 0.168 e. The lowest BCUT2D eigenvalue weighted by Crippen LogP contribution is -1.92. The number of nitrogens with one attached hydrogen (secondary N) is 2. The molecule has 80 heavy (non-hydrogen) atoms. The molecule has 6 aliphatic rings. The van der Waals surface area contributed by atoms with Gasteiger partial charge in [-0.2, -0.15) is 0 Å². The van der Waals surface area contributed by atoms with Crippen LogP contribution in [0.3, 0.4) is 0 Å². The molecule has 2 N–H and O–H groups in total. The summed E-state index contributed by atoms with van der Waals surface area (Å²) in [5.74, 6) is 7.22. The normalized spacial score (nSPS) is 14.4. The topological polar surface area (TPSA) is 146 Å². The van der Waals surface area contributed by atoms with Crippen LogP contribution in [-0.4, -0.2) is 39.9 Å². The van der Waals surface area contributed by atoms with Crippen molar-refractivity contribution in [2.45, 2.75) is 77.0 Å². The van der Waals surface area contributed by atoms with E-state index in [0.29, 0.717) is 80.0 Å². The number of aromatic amines is 2. The predicted molar refractivity (Wildman–Crippen MR) is 310 cm³/mol. The van der Waals surface area contributed by atoms with Crippen LogP contribution in [0.4, 0.5) is 0 Å². The molecule has 0 amide bonds. The van der Waals surface area contributed by atoms with Gasteiger partial charge < -0.3 is 28.9 Å². The van der Waals surface area contributed by atoms with Gasteiger partial charge in [-0.25, -0.2) is 29.9 Å². The standard InChI is InChI=1S/C68H50N8O4/c1-9-37-25-29-45(33-41(37)13-1)77-53-21-5-17-49-57(53)65-69-61(49)74-66-59-51(19-7-23-55(59)79-47-31-27-39-11-3-15-43(39)35-47)63(71-66)76-68-60-52(20-8-24-56(60)80-48-32-28-40-12-4-16-44(40)36-48)64(72-68)75-67-58-50(62(70-67)73-65)18-6-22-54(58)78-46-30-26-38-10-2-14-42(38)34-46/h5-8,17-36H,1-4,9-16H2,(H2,69,70,71,72,73,74,75,76). The van der Waals surface area contributed by atoms with Crippen molar-refractivity contribution in [3.8, 4) is 91.5 Å². The highest BCUT2D eigenvalue weighted by molar-refractivity contribution is 6.10. The van der Waals surface area contributed by atoms with Gasteiger partial charge in [0.15, 0.2) is 23.3 Å². The van der Waals surface area contributed by atoms with Crippen LogP contribution in [0.15, 0.2) is 146 Å². The Kier molecular flexibility index (Phi) is 10.2. The molecule has 8 bridgehead atoms. The average molecular weight is 1040 g/mol. The van der Waals surface area contributed by atoms with Crippen molar-refractivity contribution in [1.82, 2.24) is 39.9 Å². The van der Waals surface area contributed by atoms with Crippen molar-refractivity contribution in [2.24, 2.45) is 0 Å². The summed E-state index contributed by atoms with van der Waals surface area (Å²) < 4.78 is 27.6. The minimum Gasteiger partial charge on any atom is -0.457 e. The van der Waals surface area contributed by atoms with Crippen LogP contribution in [0.5, 0.6) is 46.0 Å². The van der Waals surface area contributed by atoms with Gasteiger partial charge in [-0.3, -0.25) is 0 Å². The van der Waals surface area contributed by atoms with Crippen molar-refractivity contribution in [2.75, 3.05) is 0 Å². The zero-order valence-corrected chi connectivity index (χ0v) is 43.7. The molecule has 2 aliphatic heterocycles. The van der Waals surface area contributed by atoms with Gasteiger partial charge >= 0.3 is 0 Å². The van der Waals surface area contributed by atoms with Crippen molar-refractivity contribution in [1.29, 1.82) is 0 Å². The predicted octanol–water partition coefficient (Wildman–Crippen LogP) is 16.0. The average Bonchev–Trinajstić information content (AvgIpc) is 4.55. The minimum atomic E-state index is 0.421. The lowest BCUT2D eigenvalue weighted by molar-refractivity contribution is 0.483. The van der Waals surface area contributed by atoms with Crippen molar-refractivity contribution in [3.05, 3.63) is 190 Å². The fraction of sp³-hybridized carbons (Fsp3) is 0.176. The molecule has 5 heterocycles. The molecule has 4 aliphatic carbocycles. The van der Waals surface area contributed by atoms with E-state index in [1.165, 1.54) is 44.5 Å². The van der Waals surface area contributed by atoms with Gasteiger partial charge in [0.2, 0.25) is 0 Å². The molecule has 0 fully saturated rings. The number of benzene rings is 8. The molecule has 0 radical (unpaired) electrons. The van der Waals surface area contributed by atoms with Crippen LogP contribution in [0.1, 0.15) is 70.2 Å². The van der Waals surface area contributed by atoms with Crippen molar-refractivity contribution >= 4 is 44.1 Å². The van der Waals surface area contributed by atoms with Gasteiger partial charge in [0, 0.05) is 21.9 Å². The summed E-state index contributed by atoms with van der Waals surface area (Å²) >= 11 is 0. The van der Waals surface area contributed by atoms with Crippen LogP contribution in [0.2, 0.25) is 0 Å². The molecule has 0 saturated heterocycles. The largest absolute Gasteiger partial charge is 0.457 e. The maximum Gasteiger partial charge on any atom is 0.168 e. The molecule has 0 atom stereocenters. The zero-order chi connectivity index (χ0) is 52.4. The second kappa shape index (κ2) is 17.9. The van der Waals surface area contributed by atoms with Gasteiger partial charge in [0.25, 0.3) is 0 Å². The Balaban J connectivity index is 0.939. The number of hydrogen-bond donors (Lipinski definition) is 2. The maximum atomic E-state index is 6.90. The Labute approximate surface area is 459 Å². The number of aryl methyl sites for hydroxylation is 8. The second-order valence-electron chi connectivity index (χ2n) is 21.9. The van der Waals surface area contributed by atoms with E-state index in [-0.39, 0.29) is 0 Å². The molecule has 386 valence electrons. The summed E-state index contributed by atoms with van der Waals surface area (Å²) in [6.45, 7) is 0. The van der Waals surface area contributed by atoms with E-state index in [1.807, 2.05) is 72.8 Å². The van der Waals surface area contributed by atoms with Crippen molar-refractivity contribution < 1.29 is 18.9 Å². The lowest BCUT2D eigenvalue weighted by Gasteiger charge is -2.11. The lowest BCUT2D eigenvalue weighted by atomic mass is 10.1. The van der Waals surface area contributed by atoms with Gasteiger partial charge in [-0.05, 0) is 194 Å². The molecule has 12 heteroatoms. The Morgan fingerprint density at radius 3 is 1.00 bits per heavy atom. The number of hydrogen-bond acceptors (Lipinski definition) is 10. The number of nitrogens with zero attached hydrogens (tertiary/aromatic N) is 6. The van der Waals surface area contributed by atoms with Crippen molar-refractivity contribution in [3.63, 3.8) is 0 Å². The number of H-pyrrole nitrogens is 2. The van der Waals surface area contributed by atoms with E-state index in [9.17, 15) is 0 Å². The van der Waals surface area contributed by atoms with E-state index in [2.05, 4.69) is 82.8 Å². The van der Waals surface area contributed by atoms with Gasteiger partial charge in [0.05, 0.1) is 21.9 Å². The Morgan fingerprint density at radius 2 is 0.613 bits per heavy atom. The molecule has 0 spiro atoms. The van der Waals surface area contributed by atoms with Crippen LogP contribution < -0.4 is 18.9 Å². The van der Waals surface area contributed by atoms with E-state index in [1.54, 1.807) is 0 Å². The van der Waals surface area contributed by atoms with E-state index in [4.69, 9.17) is 48.9 Å². The van der Waals surface area contributed by atoms with Crippen LogP contribution in [-0.2, 0) is 51.4 Å². The van der Waals surface area contributed by atoms with E-state index >= 15 is 0 Å². The minimum absolute atomic E-state index is 0.421. The van der Waals surface area contributed by atoms with E-state index in [0.717, 1.165) is 133 Å².